The molecule has 8 heteroatoms. The Morgan fingerprint density at radius 1 is 1.03 bits per heavy atom. The number of likely N-dealkylation sites (tertiary alicyclic amines) is 1. The van der Waals surface area contributed by atoms with Crippen molar-refractivity contribution in [3.8, 4) is 0 Å². The lowest BCUT2D eigenvalue weighted by Gasteiger charge is -2.18. The zero-order chi connectivity index (χ0) is 25.8. The van der Waals surface area contributed by atoms with Crippen molar-refractivity contribution in [3.63, 3.8) is 0 Å². The van der Waals surface area contributed by atoms with Crippen LogP contribution in [0.15, 0.2) is 60.2 Å². The minimum absolute atomic E-state index is 0.104. The van der Waals surface area contributed by atoms with Crippen molar-refractivity contribution < 1.29 is 14.4 Å². The zero-order valence-electron chi connectivity index (χ0n) is 21.3. The molecule has 1 fully saturated rings. The first-order valence-corrected chi connectivity index (χ1v) is 13.1. The average Bonchev–Trinajstić information content (AvgIpc) is 3.50. The van der Waals surface area contributed by atoms with Crippen LogP contribution in [0.25, 0.3) is 11.0 Å². The fraction of sp³-hybridized carbons (Fsp3) is 0.379. The summed E-state index contributed by atoms with van der Waals surface area (Å²) in [5, 5.41) is 3.04. The van der Waals surface area contributed by atoms with Crippen LogP contribution in [-0.4, -0.2) is 52.3 Å². The molecular formula is C29H33N5O3. The zero-order valence-corrected chi connectivity index (χ0v) is 21.3. The number of fused-ring (bicyclic) bond motifs is 1. The molecule has 2 aliphatic rings. The molecule has 3 amide bonds. The van der Waals surface area contributed by atoms with Gasteiger partial charge in [0.05, 0.1) is 11.0 Å². The van der Waals surface area contributed by atoms with E-state index in [0.29, 0.717) is 36.5 Å². The van der Waals surface area contributed by atoms with E-state index in [-0.39, 0.29) is 17.7 Å². The van der Waals surface area contributed by atoms with Crippen LogP contribution in [0.4, 0.5) is 11.6 Å². The van der Waals surface area contributed by atoms with Crippen LogP contribution in [0, 0.1) is 0 Å². The largest absolute Gasteiger partial charge is 0.343 e. The fourth-order valence-electron chi connectivity index (χ4n) is 5.13. The summed E-state index contributed by atoms with van der Waals surface area (Å²) in [7, 11) is 1.75. The second-order valence-electron chi connectivity index (χ2n) is 9.76. The van der Waals surface area contributed by atoms with Crippen LogP contribution in [-0.2, 0) is 16.1 Å². The van der Waals surface area contributed by atoms with Crippen molar-refractivity contribution in [2.24, 2.45) is 0 Å². The number of imidazole rings is 1. The van der Waals surface area contributed by atoms with E-state index in [9.17, 15) is 14.4 Å². The predicted molar refractivity (Wildman–Crippen MR) is 145 cm³/mol. The maximum absolute atomic E-state index is 13.0. The molecule has 192 valence electrons. The van der Waals surface area contributed by atoms with Crippen LogP contribution >= 0.6 is 0 Å². The Morgan fingerprint density at radius 2 is 1.86 bits per heavy atom. The van der Waals surface area contributed by atoms with Crippen LogP contribution in [0.3, 0.4) is 0 Å². The van der Waals surface area contributed by atoms with Crippen LogP contribution in [0.2, 0.25) is 0 Å². The van der Waals surface area contributed by atoms with Gasteiger partial charge in [-0.2, -0.15) is 0 Å². The molecule has 1 aliphatic heterocycles. The Balaban J connectivity index is 1.41. The molecule has 3 aromatic rings. The number of anilines is 2. The highest BCUT2D eigenvalue weighted by atomic mass is 16.2. The van der Waals surface area contributed by atoms with Gasteiger partial charge >= 0.3 is 0 Å². The Kier molecular flexibility index (Phi) is 7.35. The molecule has 0 spiro atoms. The number of aryl methyl sites for hydroxylation is 1. The van der Waals surface area contributed by atoms with Gasteiger partial charge in [0.1, 0.15) is 0 Å². The average molecular weight is 500 g/mol. The van der Waals surface area contributed by atoms with E-state index in [4.69, 9.17) is 4.98 Å². The van der Waals surface area contributed by atoms with Crippen LogP contribution in [0.1, 0.15) is 55.3 Å². The summed E-state index contributed by atoms with van der Waals surface area (Å²) >= 11 is 0. The summed E-state index contributed by atoms with van der Waals surface area (Å²) in [5.74, 6) is 0.493. The quantitative estimate of drug-likeness (QED) is 0.484. The molecule has 8 nitrogen and oxygen atoms in total. The van der Waals surface area contributed by atoms with Crippen molar-refractivity contribution in [1.29, 1.82) is 0 Å². The molecule has 5 rings (SSSR count). The highest BCUT2D eigenvalue weighted by Crippen LogP contribution is 2.27. The number of allylic oxidation sites excluding steroid dienone is 1. The first-order valence-electron chi connectivity index (χ1n) is 13.1. The van der Waals surface area contributed by atoms with Gasteiger partial charge in [-0.15, -0.1) is 0 Å². The van der Waals surface area contributed by atoms with Gasteiger partial charge in [0, 0.05) is 49.9 Å². The standard InChI is InChI=1S/C29H33N5O3/c1-32(28(37)22-12-6-3-7-13-22)23-15-16-25-24(20-23)30-29(31-27(36)21-10-4-2-5-11-21)34(25)19-9-18-33-17-8-14-26(33)35/h3,6-7,10,12-13,15-16,20H,2,4-5,8-9,11,14,17-19H2,1H3,(H,30,31,36). The molecule has 0 atom stereocenters. The number of carbonyl (C=O) groups is 3. The SMILES string of the molecule is CN(C(=O)c1ccccc1)c1ccc2c(c1)nc(NC(=O)C1=CCCCC1)n2CCCN1CCCC1=O. The topological polar surface area (TPSA) is 87.5 Å². The second kappa shape index (κ2) is 11.0. The third kappa shape index (κ3) is 5.43. The van der Waals surface area contributed by atoms with Gasteiger partial charge in [-0.3, -0.25) is 19.7 Å². The molecule has 1 saturated heterocycles. The van der Waals surface area contributed by atoms with Gasteiger partial charge < -0.3 is 14.4 Å². The molecule has 0 bridgehead atoms. The van der Waals surface area contributed by atoms with E-state index < -0.39 is 0 Å². The molecule has 1 N–H and O–H groups in total. The van der Waals surface area contributed by atoms with E-state index in [2.05, 4.69) is 5.32 Å². The highest BCUT2D eigenvalue weighted by molar-refractivity contribution is 6.07. The minimum Gasteiger partial charge on any atom is -0.343 e. The summed E-state index contributed by atoms with van der Waals surface area (Å²) in [6.07, 6.45) is 8.16. The number of aromatic nitrogens is 2. The van der Waals surface area contributed by atoms with Crippen molar-refractivity contribution in [2.75, 3.05) is 30.4 Å². The normalized spacial score (nSPS) is 15.6. The molecule has 1 aliphatic carbocycles. The van der Waals surface area contributed by atoms with E-state index in [1.165, 1.54) is 0 Å². The first kappa shape index (κ1) is 24.7. The van der Waals surface area contributed by atoms with Gasteiger partial charge in [-0.1, -0.05) is 24.3 Å². The van der Waals surface area contributed by atoms with Gasteiger partial charge in [0.2, 0.25) is 11.9 Å². The Morgan fingerprint density at radius 3 is 2.59 bits per heavy atom. The lowest BCUT2D eigenvalue weighted by atomic mass is 9.99. The molecule has 2 aromatic carbocycles. The third-order valence-electron chi connectivity index (χ3n) is 7.23. The van der Waals surface area contributed by atoms with E-state index in [1.807, 2.05) is 51.9 Å². The summed E-state index contributed by atoms with van der Waals surface area (Å²) in [6, 6.07) is 14.9. The maximum Gasteiger partial charge on any atom is 0.258 e. The highest BCUT2D eigenvalue weighted by Gasteiger charge is 2.22. The van der Waals surface area contributed by atoms with E-state index >= 15 is 0 Å². The van der Waals surface area contributed by atoms with E-state index in [0.717, 1.165) is 61.8 Å². The van der Waals surface area contributed by atoms with Crippen LogP contribution < -0.4 is 10.2 Å². The smallest absolute Gasteiger partial charge is 0.258 e. The van der Waals surface area contributed by atoms with Gasteiger partial charge in [0.15, 0.2) is 0 Å². The molecule has 2 heterocycles. The number of rotatable bonds is 8. The van der Waals surface area contributed by atoms with Crippen LogP contribution in [0.5, 0.6) is 0 Å². The lowest BCUT2D eigenvalue weighted by molar-refractivity contribution is -0.127. The number of carbonyl (C=O) groups excluding carboxylic acids is 3. The summed E-state index contributed by atoms with van der Waals surface area (Å²) < 4.78 is 2.01. The Labute approximate surface area is 217 Å². The summed E-state index contributed by atoms with van der Waals surface area (Å²) in [6.45, 7) is 2.11. The van der Waals surface area contributed by atoms with Crippen molar-refractivity contribution in [1.82, 2.24) is 14.5 Å². The van der Waals surface area contributed by atoms with Gasteiger partial charge in [-0.25, -0.2) is 4.98 Å². The summed E-state index contributed by atoms with van der Waals surface area (Å²) in [5.41, 5.74) is 3.73. The maximum atomic E-state index is 13.0. The number of nitrogens with zero attached hydrogens (tertiary/aromatic N) is 4. The fourth-order valence-corrected chi connectivity index (χ4v) is 5.13. The molecule has 0 radical (unpaired) electrons. The lowest BCUT2D eigenvalue weighted by Crippen LogP contribution is -2.26. The Bertz CT molecular complexity index is 1340. The minimum atomic E-state index is -0.109. The molecule has 1 aromatic heterocycles. The van der Waals surface area contributed by atoms with Gasteiger partial charge in [-0.05, 0) is 68.9 Å². The van der Waals surface area contributed by atoms with Crippen molar-refractivity contribution in [3.05, 3.63) is 65.7 Å². The molecular weight excluding hydrogens is 466 g/mol. The first-order chi connectivity index (χ1) is 18.0. The van der Waals surface area contributed by atoms with Crippen molar-refractivity contribution in [2.45, 2.75) is 51.5 Å². The Hall–Kier alpha value is -3.94. The molecule has 37 heavy (non-hydrogen) atoms. The summed E-state index contributed by atoms with van der Waals surface area (Å²) in [4.78, 5) is 46.3. The number of hydrogen-bond acceptors (Lipinski definition) is 4. The molecule has 0 saturated carbocycles. The third-order valence-corrected chi connectivity index (χ3v) is 7.23. The number of benzene rings is 2. The number of nitrogens with one attached hydrogen (secondary N) is 1. The van der Waals surface area contributed by atoms with E-state index in [1.54, 1.807) is 24.1 Å². The van der Waals surface area contributed by atoms with Crippen molar-refractivity contribution >= 4 is 40.4 Å². The van der Waals surface area contributed by atoms with Gasteiger partial charge in [0.25, 0.3) is 11.8 Å². The number of hydrogen-bond donors (Lipinski definition) is 1. The monoisotopic (exact) mass is 499 g/mol. The number of amides is 3. The second-order valence-corrected chi connectivity index (χ2v) is 9.76. The molecule has 0 unspecified atom stereocenters. The predicted octanol–water partition coefficient (Wildman–Crippen LogP) is 4.76.